The van der Waals surface area contributed by atoms with Crippen molar-refractivity contribution >= 4 is 11.9 Å². The maximum absolute atomic E-state index is 12.0. The van der Waals surface area contributed by atoms with Gasteiger partial charge in [-0.25, -0.2) is 0 Å². The van der Waals surface area contributed by atoms with Gasteiger partial charge in [0.05, 0.1) is 0 Å². The van der Waals surface area contributed by atoms with Gasteiger partial charge in [-0.05, 0) is 54.2 Å². The van der Waals surface area contributed by atoms with Crippen LogP contribution >= 0.6 is 0 Å². The molecular weight excluding hydrogens is 282 g/mol. The highest BCUT2D eigenvalue weighted by molar-refractivity contribution is 6.02. The number of carbonyl (C=O) groups excluding carboxylic acids is 1. The molecule has 0 saturated carbocycles. The fourth-order valence-electron chi connectivity index (χ4n) is 2.59. The molecule has 1 aromatic rings. The zero-order valence-electron chi connectivity index (χ0n) is 14.0. The minimum atomic E-state index is 0.0109. The van der Waals surface area contributed by atoms with E-state index in [1.807, 2.05) is 31.3 Å². The van der Waals surface area contributed by atoms with Crippen molar-refractivity contribution in [3.8, 4) is 0 Å². The SMILES string of the molecule is CCCc1cccc(/C=C/C(=O)/C=C/C2=CCCC(NC)=C2)c1. The third-order valence-electron chi connectivity index (χ3n) is 3.83. The number of nitrogens with one attached hydrogen (secondary N) is 1. The fourth-order valence-corrected chi connectivity index (χ4v) is 2.59. The number of ketones is 1. The van der Waals surface area contributed by atoms with Crippen molar-refractivity contribution in [2.75, 3.05) is 7.05 Å². The molecule has 1 aliphatic rings. The van der Waals surface area contributed by atoms with E-state index in [1.165, 1.54) is 11.3 Å². The molecule has 0 spiro atoms. The Morgan fingerprint density at radius 2 is 2.09 bits per heavy atom. The van der Waals surface area contributed by atoms with Crippen molar-refractivity contribution in [2.24, 2.45) is 0 Å². The second-order valence-electron chi connectivity index (χ2n) is 5.73. The van der Waals surface area contributed by atoms with Crippen LogP contribution in [0.2, 0.25) is 0 Å². The lowest BCUT2D eigenvalue weighted by Gasteiger charge is -2.10. The Balaban J connectivity index is 1.96. The summed E-state index contributed by atoms with van der Waals surface area (Å²) in [6.45, 7) is 2.17. The van der Waals surface area contributed by atoms with E-state index in [1.54, 1.807) is 12.2 Å². The molecule has 0 saturated heterocycles. The van der Waals surface area contributed by atoms with Crippen molar-refractivity contribution in [1.82, 2.24) is 5.32 Å². The van der Waals surface area contributed by atoms with Gasteiger partial charge in [0.1, 0.15) is 0 Å². The smallest absolute Gasteiger partial charge is 0.178 e. The number of aryl methyl sites for hydroxylation is 1. The van der Waals surface area contributed by atoms with E-state index in [-0.39, 0.29) is 5.78 Å². The van der Waals surface area contributed by atoms with E-state index in [9.17, 15) is 4.79 Å². The van der Waals surface area contributed by atoms with Gasteiger partial charge in [0.2, 0.25) is 0 Å². The first kappa shape index (κ1) is 17.0. The molecule has 2 nitrogen and oxygen atoms in total. The van der Waals surface area contributed by atoms with Crippen molar-refractivity contribution in [2.45, 2.75) is 32.6 Å². The molecule has 0 bridgehead atoms. The molecule has 0 unspecified atom stereocenters. The largest absolute Gasteiger partial charge is 0.391 e. The van der Waals surface area contributed by atoms with Crippen LogP contribution in [0.4, 0.5) is 0 Å². The summed E-state index contributed by atoms with van der Waals surface area (Å²) in [5.74, 6) is 0.0109. The minimum absolute atomic E-state index is 0.0109. The molecule has 0 amide bonds. The van der Waals surface area contributed by atoms with Crippen LogP contribution in [-0.2, 0) is 11.2 Å². The van der Waals surface area contributed by atoms with Crippen LogP contribution < -0.4 is 5.32 Å². The summed E-state index contributed by atoms with van der Waals surface area (Å²) >= 11 is 0. The minimum Gasteiger partial charge on any atom is -0.391 e. The predicted octanol–water partition coefficient (Wildman–Crippen LogP) is 4.60. The monoisotopic (exact) mass is 307 g/mol. The molecule has 2 rings (SSSR count). The van der Waals surface area contributed by atoms with Gasteiger partial charge in [-0.2, -0.15) is 0 Å². The van der Waals surface area contributed by atoms with E-state index in [0.29, 0.717) is 0 Å². The lowest BCUT2D eigenvalue weighted by atomic mass is 10.0. The third kappa shape index (κ3) is 5.74. The Bertz CT molecular complexity index is 662. The average molecular weight is 307 g/mol. The molecule has 120 valence electrons. The molecule has 0 radical (unpaired) electrons. The quantitative estimate of drug-likeness (QED) is 0.746. The van der Waals surface area contributed by atoms with Crippen molar-refractivity contribution < 1.29 is 4.79 Å². The molecule has 0 fully saturated rings. The second kappa shape index (κ2) is 8.94. The maximum Gasteiger partial charge on any atom is 0.178 e. The molecule has 0 atom stereocenters. The van der Waals surface area contributed by atoms with Gasteiger partial charge < -0.3 is 5.32 Å². The number of benzene rings is 1. The molecule has 23 heavy (non-hydrogen) atoms. The lowest BCUT2D eigenvalue weighted by molar-refractivity contribution is -0.110. The first-order valence-electron chi connectivity index (χ1n) is 8.29. The van der Waals surface area contributed by atoms with Gasteiger partial charge in [0.15, 0.2) is 5.78 Å². The van der Waals surface area contributed by atoms with Crippen LogP contribution in [0.5, 0.6) is 0 Å². The second-order valence-corrected chi connectivity index (χ2v) is 5.73. The predicted molar refractivity (Wildman–Crippen MR) is 98.1 cm³/mol. The van der Waals surface area contributed by atoms with Gasteiger partial charge in [-0.3, -0.25) is 4.79 Å². The standard InChI is InChI=1S/C21H25NO/c1-3-6-17-7-4-8-18(15-17)11-13-21(23)14-12-19-9-5-10-20(16-19)22-2/h4,7-9,11-16,22H,3,5-6,10H2,1-2H3/b13-11+,14-12+. The molecular formula is C21H25NO. The Labute approximate surface area is 139 Å². The Morgan fingerprint density at radius 1 is 1.26 bits per heavy atom. The van der Waals surface area contributed by atoms with E-state index in [2.05, 4.69) is 36.5 Å². The van der Waals surface area contributed by atoms with Crippen molar-refractivity contribution in [3.05, 3.63) is 77.0 Å². The summed E-state index contributed by atoms with van der Waals surface area (Å²) in [7, 11) is 1.93. The third-order valence-corrected chi connectivity index (χ3v) is 3.83. The number of carbonyl (C=O) groups is 1. The Hall–Kier alpha value is -2.35. The van der Waals surface area contributed by atoms with Crippen LogP contribution in [0.3, 0.4) is 0 Å². The van der Waals surface area contributed by atoms with Crippen LogP contribution in [0.25, 0.3) is 6.08 Å². The summed E-state index contributed by atoms with van der Waals surface area (Å²) in [5, 5.41) is 3.17. The molecule has 2 heteroatoms. The summed E-state index contributed by atoms with van der Waals surface area (Å²) < 4.78 is 0. The van der Waals surface area contributed by atoms with Gasteiger partial charge in [0, 0.05) is 12.7 Å². The molecule has 0 aliphatic heterocycles. The molecule has 0 heterocycles. The number of hydrogen-bond donors (Lipinski definition) is 1. The van der Waals surface area contributed by atoms with E-state index in [0.717, 1.165) is 36.8 Å². The van der Waals surface area contributed by atoms with Crippen molar-refractivity contribution in [1.29, 1.82) is 0 Å². The molecule has 1 aromatic carbocycles. The van der Waals surface area contributed by atoms with Crippen LogP contribution in [0.1, 0.15) is 37.3 Å². The normalized spacial score (nSPS) is 14.9. The van der Waals surface area contributed by atoms with Crippen LogP contribution in [0.15, 0.2) is 65.9 Å². The summed E-state index contributed by atoms with van der Waals surface area (Å²) in [4.78, 5) is 12.0. The average Bonchev–Trinajstić information content (AvgIpc) is 2.59. The summed E-state index contributed by atoms with van der Waals surface area (Å²) in [6.07, 6.45) is 15.5. The zero-order chi connectivity index (χ0) is 16.5. The fraction of sp³-hybridized carbons (Fsp3) is 0.286. The molecule has 0 aromatic heterocycles. The topological polar surface area (TPSA) is 29.1 Å². The van der Waals surface area contributed by atoms with E-state index in [4.69, 9.17) is 0 Å². The lowest BCUT2D eigenvalue weighted by Crippen LogP contribution is -2.07. The van der Waals surface area contributed by atoms with Gasteiger partial charge in [-0.15, -0.1) is 0 Å². The highest BCUT2D eigenvalue weighted by Crippen LogP contribution is 2.16. The van der Waals surface area contributed by atoms with E-state index >= 15 is 0 Å². The number of hydrogen-bond acceptors (Lipinski definition) is 2. The van der Waals surface area contributed by atoms with Gasteiger partial charge in [0.25, 0.3) is 0 Å². The maximum atomic E-state index is 12.0. The van der Waals surface area contributed by atoms with E-state index < -0.39 is 0 Å². The summed E-state index contributed by atoms with van der Waals surface area (Å²) in [6, 6.07) is 8.34. The summed E-state index contributed by atoms with van der Waals surface area (Å²) in [5.41, 5.74) is 4.69. The highest BCUT2D eigenvalue weighted by Gasteiger charge is 2.01. The van der Waals surface area contributed by atoms with Crippen molar-refractivity contribution in [3.63, 3.8) is 0 Å². The van der Waals surface area contributed by atoms with Gasteiger partial charge in [-0.1, -0.05) is 55.8 Å². The van der Waals surface area contributed by atoms with Crippen LogP contribution in [0, 0.1) is 0 Å². The molecule has 1 N–H and O–H groups in total. The Morgan fingerprint density at radius 3 is 2.87 bits per heavy atom. The number of rotatable bonds is 7. The molecule has 1 aliphatic carbocycles. The van der Waals surface area contributed by atoms with Gasteiger partial charge >= 0.3 is 0 Å². The zero-order valence-corrected chi connectivity index (χ0v) is 14.0. The van der Waals surface area contributed by atoms with Crippen LogP contribution in [-0.4, -0.2) is 12.8 Å². The first-order valence-corrected chi connectivity index (χ1v) is 8.29. The Kier molecular flexibility index (Phi) is 6.61. The first-order chi connectivity index (χ1) is 11.2. The highest BCUT2D eigenvalue weighted by atomic mass is 16.1. The number of allylic oxidation sites excluding steroid dienone is 7.